The van der Waals surface area contributed by atoms with Crippen LogP contribution in [-0.4, -0.2) is 50.2 Å². The van der Waals surface area contributed by atoms with E-state index >= 15 is 0 Å². The molecule has 0 aromatic heterocycles. The van der Waals surface area contributed by atoms with Gasteiger partial charge in [-0.25, -0.2) is 4.79 Å². The minimum atomic E-state index is -2.46. The predicted octanol–water partition coefficient (Wildman–Crippen LogP) is -2.34. The van der Waals surface area contributed by atoms with Crippen molar-refractivity contribution in [2.75, 3.05) is 0 Å². The molecule has 0 saturated carbocycles. The highest BCUT2D eigenvalue weighted by Crippen LogP contribution is 2.11. The molecule has 0 bridgehead atoms. The molecule has 8 nitrogen and oxygen atoms in total. The van der Waals surface area contributed by atoms with Gasteiger partial charge in [-0.05, 0) is 12.8 Å². The second-order valence-corrected chi connectivity index (χ2v) is 3.54. The smallest absolute Gasteiger partial charge is 0.341 e. The van der Waals surface area contributed by atoms with E-state index in [1.165, 1.54) is 0 Å². The predicted molar refractivity (Wildman–Crippen MR) is 52.2 cm³/mol. The first kappa shape index (κ1) is 14.8. The Labute approximate surface area is 91.5 Å². The fourth-order valence-electron chi connectivity index (χ4n) is 1.07. The number of aliphatic hydroxyl groups is 2. The third kappa shape index (κ3) is 4.11. The molecule has 0 aliphatic heterocycles. The highest BCUT2D eigenvalue weighted by atomic mass is 16.4. The zero-order valence-electron chi connectivity index (χ0n) is 8.54. The van der Waals surface area contributed by atoms with E-state index in [9.17, 15) is 19.8 Å². The number of carboxylic acids is 2. The van der Waals surface area contributed by atoms with Gasteiger partial charge in [-0.1, -0.05) is 0 Å². The van der Waals surface area contributed by atoms with Crippen molar-refractivity contribution in [3.05, 3.63) is 0 Å². The second-order valence-electron chi connectivity index (χ2n) is 3.54. The summed E-state index contributed by atoms with van der Waals surface area (Å²) in [5.74, 6) is -2.70. The van der Waals surface area contributed by atoms with Gasteiger partial charge in [0.2, 0.25) is 0 Å². The Hall–Kier alpha value is -1.22. The van der Waals surface area contributed by atoms with E-state index in [0.29, 0.717) is 0 Å². The monoisotopic (exact) mass is 236 g/mol. The fourth-order valence-corrected chi connectivity index (χ4v) is 1.07. The summed E-state index contributed by atoms with van der Waals surface area (Å²) in [4.78, 5) is 20.7. The van der Waals surface area contributed by atoms with Crippen molar-refractivity contribution in [2.45, 2.75) is 37.1 Å². The topological polar surface area (TPSA) is 167 Å². The van der Waals surface area contributed by atoms with Crippen molar-refractivity contribution in [1.29, 1.82) is 0 Å². The Balaban J connectivity index is 4.22. The Bertz CT molecular complexity index is 267. The molecular formula is C8H16N2O6. The molecule has 94 valence electrons. The summed E-state index contributed by atoms with van der Waals surface area (Å²) in [6, 6.07) is 0. The first-order valence-corrected chi connectivity index (χ1v) is 4.58. The maximum absolute atomic E-state index is 10.5. The van der Waals surface area contributed by atoms with E-state index in [0.717, 1.165) is 0 Å². The molecule has 8 N–H and O–H groups in total. The van der Waals surface area contributed by atoms with Gasteiger partial charge in [-0.2, -0.15) is 0 Å². The number of carboxylic acid groups (broad SMARTS) is 2. The van der Waals surface area contributed by atoms with E-state index in [2.05, 4.69) is 0 Å². The van der Waals surface area contributed by atoms with Crippen LogP contribution in [0.3, 0.4) is 0 Å². The van der Waals surface area contributed by atoms with Crippen LogP contribution in [-0.2, 0) is 9.59 Å². The molecule has 8 heteroatoms. The minimum absolute atomic E-state index is 0.0866. The summed E-state index contributed by atoms with van der Waals surface area (Å²) in [7, 11) is 0. The molecule has 0 spiro atoms. The molecular weight excluding hydrogens is 220 g/mol. The zero-order valence-corrected chi connectivity index (χ0v) is 8.54. The lowest BCUT2D eigenvalue weighted by molar-refractivity contribution is -0.152. The lowest BCUT2D eigenvalue weighted by Crippen LogP contribution is -2.67. The number of rotatable bonds is 7. The van der Waals surface area contributed by atoms with Gasteiger partial charge >= 0.3 is 11.9 Å². The van der Waals surface area contributed by atoms with Gasteiger partial charge in [0.25, 0.3) is 0 Å². The second kappa shape index (κ2) is 5.75. The first-order valence-electron chi connectivity index (χ1n) is 4.58. The van der Waals surface area contributed by atoms with Crippen molar-refractivity contribution in [3.63, 3.8) is 0 Å². The van der Waals surface area contributed by atoms with Crippen LogP contribution in [0.15, 0.2) is 0 Å². The van der Waals surface area contributed by atoms with Gasteiger partial charge in [0.1, 0.15) is 6.10 Å². The van der Waals surface area contributed by atoms with E-state index in [1.54, 1.807) is 0 Å². The number of nitrogens with two attached hydrogens (primary N) is 2. The lowest BCUT2D eigenvalue weighted by atomic mass is 9.96. The lowest BCUT2D eigenvalue weighted by Gasteiger charge is -2.29. The summed E-state index contributed by atoms with van der Waals surface area (Å²) < 4.78 is 0. The Morgan fingerprint density at radius 3 is 2.06 bits per heavy atom. The minimum Gasteiger partial charge on any atom is -0.481 e. The molecule has 0 amide bonds. The van der Waals surface area contributed by atoms with Crippen LogP contribution < -0.4 is 11.5 Å². The first-order chi connectivity index (χ1) is 7.19. The fraction of sp³-hybridized carbons (Fsp3) is 0.750. The summed E-state index contributed by atoms with van der Waals surface area (Å²) in [5, 5.41) is 35.6. The molecule has 0 aliphatic rings. The molecule has 2 atom stereocenters. The van der Waals surface area contributed by atoms with Gasteiger partial charge in [0.05, 0.1) is 6.10 Å². The summed E-state index contributed by atoms with van der Waals surface area (Å²) in [6.45, 7) is 0. The zero-order chi connectivity index (χ0) is 12.9. The summed E-state index contributed by atoms with van der Waals surface area (Å²) >= 11 is 0. The third-order valence-electron chi connectivity index (χ3n) is 2.11. The number of hydrogen-bond acceptors (Lipinski definition) is 6. The highest BCUT2D eigenvalue weighted by Gasteiger charge is 2.41. The van der Waals surface area contributed by atoms with Crippen molar-refractivity contribution >= 4 is 11.9 Å². The SMILES string of the molecule is NC(N)(C(=O)O)C(O)C(O)CCCC(=O)O. The highest BCUT2D eigenvalue weighted by molar-refractivity contribution is 5.78. The largest absolute Gasteiger partial charge is 0.481 e. The number of aliphatic hydroxyl groups excluding tert-OH is 2. The molecule has 0 radical (unpaired) electrons. The Morgan fingerprint density at radius 1 is 1.19 bits per heavy atom. The van der Waals surface area contributed by atoms with Crippen LogP contribution in [0.2, 0.25) is 0 Å². The van der Waals surface area contributed by atoms with Crippen LogP contribution in [0.5, 0.6) is 0 Å². The van der Waals surface area contributed by atoms with Gasteiger partial charge in [-0.3, -0.25) is 4.79 Å². The van der Waals surface area contributed by atoms with E-state index < -0.39 is 29.8 Å². The maximum Gasteiger partial charge on any atom is 0.341 e. The standard InChI is InChI=1S/C8H16N2O6/c9-8(10,7(15)16)6(14)4(11)2-1-3-5(12)13/h4,6,11,14H,1-3,9-10H2,(H,12,13)(H,15,16). The number of aliphatic carboxylic acids is 2. The number of hydrogen-bond donors (Lipinski definition) is 6. The molecule has 0 fully saturated rings. The normalized spacial score (nSPS) is 15.5. The molecule has 0 heterocycles. The summed E-state index contributed by atoms with van der Waals surface area (Å²) in [5.41, 5.74) is 7.72. The molecule has 0 saturated heterocycles. The molecule has 0 aromatic carbocycles. The molecule has 0 aromatic rings. The van der Waals surface area contributed by atoms with Crippen LogP contribution in [0.25, 0.3) is 0 Å². The maximum atomic E-state index is 10.5. The summed E-state index contributed by atoms with van der Waals surface area (Å²) in [6.07, 6.45) is -3.55. The van der Waals surface area contributed by atoms with E-state index in [-0.39, 0.29) is 19.3 Å². The quantitative estimate of drug-likeness (QED) is 0.267. The van der Waals surface area contributed by atoms with Crippen LogP contribution in [0, 0.1) is 0 Å². The molecule has 0 aliphatic carbocycles. The van der Waals surface area contributed by atoms with Gasteiger partial charge < -0.3 is 31.9 Å². The van der Waals surface area contributed by atoms with Crippen molar-refractivity contribution < 1.29 is 30.0 Å². The van der Waals surface area contributed by atoms with Crippen LogP contribution in [0.1, 0.15) is 19.3 Å². The third-order valence-corrected chi connectivity index (χ3v) is 2.11. The Morgan fingerprint density at radius 2 is 1.69 bits per heavy atom. The van der Waals surface area contributed by atoms with Gasteiger partial charge in [0.15, 0.2) is 5.66 Å². The molecule has 0 rings (SSSR count). The van der Waals surface area contributed by atoms with Gasteiger partial charge in [0, 0.05) is 6.42 Å². The average molecular weight is 236 g/mol. The van der Waals surface area contributed by atoms with Crippen molar-refractivity contribution in [3.8, 4) is 0 Å². The van der Waals surface area contributed by atoms with E-state index in [1.807, 2.05) is 0 Å². The van der Waals surface area contributed by atoms with Crippen LogP contribution in [0.4, 0.5) is 0 Å². The Kier molecular flexibility index (Phi) is 5.31. The molecule has 16 heavy (non-hydrogen) atoms. The number of carbonyl (C=O) groups is 2. The van der Waals surface area contributed by atoms with E-state index in [4.69, 9.17) is 21.7 Å². The molecule has 2 unspecified atom stereocenters. The van der Waals surface area contributed by atoms with Crippen molar-refractivity contribution in [1.82, 2.24) is 0 Å². The van der Waals surface area contributed by atoms with Crippen LogP contribution >= 0.6 is 0 Å². The average Bonchev–Trinajstić information content (AvgIpc) is 2.15. The van der Waals surface area contributed by atoms with Gasteiger partial charge in [-0.15, -0.1) is 0 Å². The van der Waals surface area contributed by atoms with Crippen molar-refractivity contribution in [2.24, 2.45) is 11.5 Å².